The van der Waals surface area contributed by atoms with Crippen LogP contribution >= 0.6 is 0 Å². The molecule has 100 valence electrons. The van der Waals surface area contributed by atoms with Gasteiger partial charge in [-0.3, -0.25) is 0 Å². The van der Waals surface area contributed by atoms with E-state index in [-0.39, 0.29) is 12.6 Å². The van der Waals surface area contributed by atoms with E-state index < -0.39 is 6.10 Å². The normalized spacial score (nSPS) is 13.8. The molecule has 0 fully saturated rings. The zero-order chi connectivity index (χ0) is 13.5. The molecule has 0 spiro atoms. The Balaban J connectivity index is 1.96. The molecule has 0 heterocycles. The fraction of sp³-hybridized carbons (Fsp3) is 0.250. The molecule has 2 aromatic carbocycles. The molecule has 0 saturated heterocycles. The van der Waals surface area contributed by atoms with Gasteiger partial charge in [-0.05, 0) is 24.1 Å². The summed E-state index contributed by atoms with van der Waals surface area (Å²) >= 11 is 0. The Morgan fingerprint density at radius 3 is 2.05 bits per heavy atom. The number of aliphatic hydroxyl groups excluding tert-OH is 2. The van der Waals surface area contributed by atoms with Crippen molar-refractivity contribution in [2.75, 3.05) is 11.9 Å². The molecule has 0 radical (unpaired) electrons. The summed E-state index contributed by atoms with van der Waals surface area (Å²) in [6, 6.07) is 19.0. The summed E-state index contributed by atoms with van der Waals surface area (Å²) in [4.78, 5) is 0. The largest absolute Gasteiger partial charge is 0.394 e. The highest BCUT2D eigenvalue weighted by molar-refractivity contribution is 5.43. The number of nitrogens with one attached hydrogen (secondary N) is 1. The molecular weight excluding hydrogens is 238 g/mol. The fourth-order valence-corrected chi connectivity index (χ4v) is 2.03. The third kappa shape index (κ3) is 4.09. The first-order valence-corrected chi connectivity index (χ1v) is 6.45. The number of benzene rings is 2. The van der Waals surface area contributed by atoms with Gasteiger partial charge in [-0.1, -0.05) is 48.5 Å². The van der Waals surface area contributed by atoms with Gasteiger partial charge < -0.3 is 15.5 Å². The number of para-hydroxylation sites is 1. The quantitative estimate of drug-likeness (QED) is 0.745. The highest BCUT2D eigenvalue weighted by Crippen LogP contribution is 2.19. The first kappa shape index (κ1) is 13.6. The van der Waals surface area contributed by atoms with E-state index in [1.807, 2.05) is 60.7 Å². The number of hydrogen-bond acceptors (Lipinski definition) is 3. The summed E-state index contributed by atoms with van der Waals surface area (Å²) in [5.74, 6) is 0. The van der Waals surface area contributed by atoms with Crippen LogP contribution in [0.5, 0.6) is 0 Å². The molecule has 2 atom stereocenters. The van der Waals surface area contributed by atoms with Crippen LogP contribution in [0.2, 0.25) is 0 Å². The third-order valence-corrected chi connectivity index (χ3v) is 3.06. The predicted molar refractivity (Wildman–Crippen MR) is 77.0 cm³/mol. The Hall–Kier alpha value is -1.84. The molecular formula is C16H19NO2. The summed E-state index contributed by atoms with van der Waals surface area (Å²) in [5.41, 5.74) is 1.82. The van der Waals surface area contributed by atoms with E-state index in [0.717, 1.165) is 11.3 Å². The van der Waals surface area contributed by atoms with Gasteiger partial charge in [0.1, 0.15) is 0 Å². The maximum atomic E-state index is 10.1. The van der Waals surface area contributed by atoms with Gasteiger partial charge in [0, 0.05) is 5.69 Å². The fourth-order valence-electron chi connectivity index (χ4n) is 2.03. The molecule has 0 aliphatic heterocycles. The van der Waals surface area contributed by atoms with Crippen molar-refractivity contribution in [1.29, 1.82) is 0 Å². The summed E-state index contributed by atoms with van der Waals surface area (Å²) in [5, 5.41) is 22.8. The SMILES string of the molecule is OC[C@H](C[C@H](O)c1ccccc1)Nc1ccccc1. The van der Waals surface area contributed by atoms with Crippen LogP contribution in [0.25, 0.3) is 0 Å². The Kier molecular flexibility index (Phi) is 4.95. The van der Waals surface area contributed by atoms with E-state index in [1.54, 1.807) is 0 Å². The standard InChI is InChI=1S/C16H19NO2/c18-12-15(17-14-9-5-2-6-10-14)11-16(19)13-7-3-1-4-8-13/h1-10,15-19H,11-12H2/t15-,16-/m0/s1. The average molecular weight is 257 g/mol. The zero-order valence-corrected chi connectivity index (χ0v) is 10.7. The minimum atomic E-state index is -0.574. The van der Waals surface area contributed by atoms with Crippen LogP contribution in [-0.2, 0) is 0 Å². The van der Waals surface area contributed by atoms with Crippen molar-refractivity contribution in [2.24, 2.45) is 0 Å². The minimum absolute atomic E-state index is 0.0151. The van der Waals surface area contributed by atoms with E-state index in [9.17, 15) is 10.2 Å². The lowest BCUT2D eigenvalue weighted by Gasteiger charge is -2.21. The van der Waals surface area contributed by atoms with Crippen LogP contribution in [0, 0.1) is 0 Å². The summed E-state index contributed by atoms with van der Waals surface area (Å²) < 4.78 is 0. The predicted octanol–water partition coefficient (Wildman–Crippen LogP) is 2.58. The van der Waals surface area contributed by atoms with Gasteiger partial charge in [0.2, 0.25) is 0 Å². The van der Waals surface area contributed by atoms with Crippen LogP contribution in [0.3, 0.4) is 0 Å². The van der Waals surface area contributed by atoms with E-state index in [1.165, 1.54) is 0 Å². The van der Waals surface area contributed by atoms with Gasteiger partial charge in [0.05, 0.1) is 18.8 Å². The molecule has 0 aliphatic carbocycles. The van der Waals surface area contributed by atoms with Crippen molar-refractivity contribution in [3.63, 3.8) is 0 Å². The van der Waals surface area contributed by atoms with Crippen LogP contribution in [0.4, 0.5) is 5.69 Å². The van der Waals surface area contributed by atoms with Crippen LogP contribution in [0.1, 0.15) is 18.1 Å². The summed E-state index contributed by atoms with van der Waals surface area (Å²) in [6.45, 7) is -0.0151. The molecule has 2 aromatic rings. The van der Waals surface area contributed by atoms with E-state index >= 15 is 0 Å². The Labute approximate surface area is 113 Å². The molecule has 3 N–H and O–H groups in total. The summed E-state index contributed by atoms with van der Waals surface area (Å²) in [7, 11) is 0. The number of aliphatic hydroxyl groups is 2. The van der Waals surface area contributed by atoms with Gasteiger partial charge in [-0.2, -0.15) is 0 Å². The first-order valence-electron chi connectivity index (χ1n) is 6.45. The molecule has 0 saturated carbocycles. The molecule has 0 amide bonds. The monoisotopic (exact) mass is 257 g/mol. The molecule has 0 unspecified atom stereocenters. The molecule has 2 rings (SSSR count). The van der Waals surface area contributed by atoms with Gasteiger partial charge in [-0.15, -0.1) is 0 Å². The highest BCUT2D eigenvalue weighted by atomic mass is 16.3. The molecule has 0 bridgehead atoms. The van der Waals surface area contributed by atoms with Gasteiger partial charge in [-0.25, -0.2) is 0 Å². The molecule has 19 heavy (non-hydrogen) atoms. The van der Waals surface area contributed by atoms with Gasteiger partial charge >= 0.3 is 0 Å². The molecule has 3 heteroatoms. The van der Waals surface area contributed by atoms with E-state index in [2.05, 4.69) is 5.32 Å². The minimum Gasteiger partial charge on any atom is -0.394 e. The van der Waals surface area contributed by atoms with Crippen molar-refractivity contribution in [3.05, 3.63) is 66.2 Å². The van der Waals surface area contributed by atoms with Crippen molar-refractivity contribution in [3.8, 4) is 0 Å². The molecule has 0 aliphatic rings. The van der Waals surface area contributed by atoms with Crippen molar-refractivity contribution >= 4 is 5.69 Å². The van der Waals surface area contributed by atoms with Crippen LogP contribution < -0.4 is 5.32 Å². The number of rotatable bonds is 6. The lowest BCUT2D eigenvalue weighted by atomic mass is 10.0. The Bertz CT molecular complexity index is 473. The summed E-state index contributed by atoms with van der Waals surface area (Å²) in [6.07, 6.45) is -0.107. The lowest BCUT2D eigenvalue weighted by Crippen LogP contribution is -2.26. The van der Waals surface area contributed by atoms with Gasteiger partial charge in [0.15, 0.2) is 0 Å². The second kappa shape index (κ2) is 6.92. The second-order valence-corrected chi connectivity index (χ2v) is 4.55. The maximum absolute atomic E-state index is 10.1. The molecule has 3 nitrogen and oxygen atoms in total. The van der Waals surface area contributed by atoms with Gasteiger partial charge in [0.25, 0.3) is 0 Å². The van der Waals surface area contributed by atoms with Crippen LogP contribution in [0.15, 0.2) is 60.7 Å². The highest BCUT2D eigenvalue weighted by Gasteiger charge is 2.15. The third-order valence-electron chi connectivity index (χ3n) is 3.06. The number of anilines is 1. The Morgan fingerprint density at radius 2 is 1.47 bits per heavy atom. The first-order chi connectivity index (χ1) is 9.29. The Morgan fingerprint density at radius 1 is 0.895 bits per heavy atom. The topological polar surface area (TPSA) is 52.5 Å². The maximum Gasteiger partial charge on any atom is 0.0810 e. The smallest absolute Gasteiger partial charge is 0.0810 e. The number of hydrogen-bond donors (Lipinski definition) is 3. The van der Waals surface area contributed by atoms with E-state index in [4.69, 9.17) is 0 Å². The lowest BCUT2D eigenvalue weighted by molar-refractivity contribution is 0.144. The molecule has 0 aromatic heterocycles. The van der Waals surface area contributed by atoms with Crippen molar-refractivity contribution in [1.82, 2.24) is 0 Å². The zero-order valence-electron chi connectivity index (χ0n) is 10.7. The van der Waals surface area contributed by atoms with Crippen LogP contribution in [-0.4, -0.2) is 22.9 Å². The second-order valence-electron chi connectivity index (χ2n) is 4.55. The average Bonchev–Trinajstić information content (AvgIpc) is 2.48. The van der Waals surface area contributed by atoms with E-state index in [0.29, 0.717) is 6.42 Å². The van der Waals surface area contributed by atoms with Crippen molar-refractivity contribution < 1.29 is 10.2 Å². The van der Waals surface area contributed by atoms with Crippen molar-refractivity contribution in [2.45, 2.75) is 18.6 Å².